The molecule has 2 aliphatic rings. The number of nitrogens with zero attached hydrogens (tertiary/aromatic N) is 2. The molecule has 0 aromatic heterocycles. The van der Waals surface area contributed by atoms with E-state index >= 15 is 0 Å². The number of nitrogens with one attached hydrogen (secondary N) is 1. The van der Waals surface area contributed by atoms with E-state index in [0.717, 1.165) is 11.1 Å². The SMILES string of the molecule is O=C(COC(=O)C1=NN([C@@H]2CCS(=O)(=O)C2)C(=O)CC1)Nc1cccc(F)c1. The number of esters is 1. The van der Waals surface area contributed by atoms with Gasteiger partial charge in [0, 0.05) is 18.5 Å². The number of sulfone groups is 1. The summed E-state index contributed by atoms with van der Waals surface area (Å²) >= 11 is 0. The fourth-order valence-corrected chi connectivity index (χ4v) is 4.64. The van der Waals surface area contributed by atoms with Crippen molar-refractivity contribution in [1.82, 2.24) is 5.01 Å². The van der Waals surface area contributed by atoms with Crippen LogP contribution in [0.15, 0.2) is 29.4 Å². The third kappa shape index (κ3) is 4.91. The van der Waals surface area contributed by atoms with Gasteiger partial charge in [0.05, 0.1) is 17.5 Å². The summed E-state index contributed by atoms with van der Waals surface area (Å²) in [5.41, 5.74) is 0.165. The van der Waals surface area contributed by atoms with Crippen LogP contribution in [0.1, 0.15) is 19.3 Å². The van der Waals surface area contributed by atoms with Gasteiger partial charge in [-0.25, -0.2) is 22.6 Å². The lowest BCUT2D eigenvalue weighted by atomic mass is 10.1. The van der Waals surface area contributed by atoms with Crippen molar-refractivity contribution in [3.8, 4) is 0 Å². The zero-order chi connectivity index (χ0) is 20.3. The van der Waals surface area contributed by atoms with Crippen LogP contribution < -0.4 is 5.32 Å². The molecule has 150 valence electrons. The summed E-state index contributed by atoms with van der Waals surface area (Å²) in [6.45, 7) is -0.611. The van der Waals surface area contributed by atoms with E-state index in [9.17, 15) is 27.2 Å². The number of amides is 2. The van der Waals surface area contributed by atoms with Crippen LogP contribution >= 0.6 is 0 Å². The second-order valence-electron chi connectivity index (χ2n) is 6.48. The Kier molecular flexibility index (Phi) is 5.73. The molecule has 1 aromatic rings. The molecule has 0 bridgehead atoms. The summed E-state index contributed by atoms with van der Waals surface area (Å²) in [5.74, 6) is -2.64. The lowest BCUT2D eigenvalue weighted by Gasteiger charge is -2.27. The first-order chi connectivity index (χ1) is 13.2. The van der Waals surface area contributed by atoms with Gasteiger partial charge >= 0.3 is 5.97 Å². The molecule has 1 atom stereocenters. The minimum Gasteiger partial charge on any atom is -0.451 e. The van der Waals surface area contributed by atoms with Gasteiger partial charge in [0.25, 0.3) is 5.91 Å². The molecule has 1 fully saturated rings. The number of halogens is 1. The van der Waals surface area contributed by atoms with E-state index in [1.54, 1.807) is 0 Å². The van der Waals surface area contributed by atoms with Crippen LogP contribution in [-0.2, 0) is 29.0 Å². The Balaban J connectivity index is 1.58. The van der Waals surface area contributed by atoms with Crippen molar-refractivity contribution in [2.75, 3.05) is 23.4 Å². The van der Waals surface area contributed by atoms with Crippen LogP contribution in [0.2, 0.25) is 0 Å². The molecule has 0 spiro atoms. The van der Waals surface area contributed by atoms with E-state index in [1.807, 2.05) is 0 Å². The predicted molar refractivity (Wildman–Crippen MR) is 96.6 cm³/mol. The summed E-state index contributed by atoms with van der Waals surface area (Å²) in [6.07, 6.45) is 0.301. The van der Waals surface area contributed by atoms with E-state index in [2.05, 4.69) is 10.4 Å². The molecule has 1 N–H and O–H groups in total. The number of carbonyl (C=O) groups excluding carboxylic acids is 3. The minimum absolute atomic E-state index is 0.0000302. The van der Waals surface area contributed by atoms with Gasteiger partial charge in [-0.2, -0.15) is 5.10 Å². The quantitative estimate of drug-likeness (QED) is 0.703. The highest BCUT2D eigenvalue weighted by Crippen LogP contribution is 2.22. The van der Waals surface area contributed by atoms with Gasteiger partial charge in [-0.15, -0.1) is 0 Å². The molecule has 1 aromatic carbocycles. The Morgan fingerprint density at radius 1 is 1.32 bits per heavy atom. The number of ether oxygens (including phenoxy) is 1. The second kappa shape index (κ2) is 8.05. The van der Waals surface area contributed by atoms with Crippen LogP contribution in [-0.4, -0.2) is 61.1 Å². The molecule has 1 saturated heterocycles. The fraction of sp³-hybridized carbons (Fsp3) is 0.412. The number of benzene rings is 1. The topological polar surface area (TPSA) is 122 Å². The van der Waals surface area contributed by atoms with Gasteiger partial charge < -0.3 is 10.1 Å². The number of hydrazone groups is 1. The first-order valence-electron chi connectivity index (χ1n) is 8.56. The monoisotopic (exact) mass is 411 g/mol. The maximum atomic E-state index is 13.1. The molecule has 2 heterocycles. The molecule has 28 heavy (non-hydrogen) atoms. The summed E-state index contributed by atoms with van der Waals surface area (Å²) < 4.78 is 41.2. The van der Waals surface area contributed by atoms with E-state index in [0.29, 0.717) is 0 Å². The summed E-state index contributed by atoms with van der Waals surface area (Å²) in [6, 6.07) is 4.64. The maximum absolute atomic E-state index is 13.1. The van der Waals surface area contributed by atoms with Crippen molar-refractivity contribution < 1.29 is 31.9 Å². The number of hydrogen-bond donors (Lipinski definition) is 1. The number of rotatable bonds is 5. The number of carbonyl (C=O) groups is 3. The van der Waals surface area contributed by atoms with Crippen molar-refractivity contribution in [2.45, 2.75) is 25.3 Å². The Bertz CT molecular complexity index is 946. The zero-order valence-corrected chi connectivity index (χ0v) is 15.6. The van der Waals surface area contributed by atoms with Crippen LogP contribution in [0.3, 0.4) is 0 Å². The predicted octanol–water partition coefficient (Wildman–Crippen LogP) is 0.473. The van der Waals surface area contributed by atoms with Gasteiger partial charge in [-0.1, -0.05) is 6.07 Å². The molecule has 9 nitrogen and oxygen atoms in total. The van der Waals surface area contributed by atoms with Gasteiger partial charge in [0.1, 0.15) is 11.5 Å². The van der Waals surface area contributed by atoms with E-state index in [4.69, 9.17) is 4.74 Å². The first kappa shape index (κ1) is 19.9. The number of hydrogen-bond acceptors (Lipinski definition) is 7. The van der Waals surface area contributed by atoms with E-state index in [1.165, 1.54) is 18.2 Å². The summed E-state index contributed by atoms with van der Waals surface area (Å²) in [5, 5.41) is 7.39. The van der Waals surface area contributed by atoms with Crippen molar-refractivity contribution in [3.05, 3.63) is 30.1 Å². The second-order valence-corrected chi connectivity index (χ2v) is 8.71. The van der Waals surface area contributed by atoms with Crippen molar-refractivity contribution in [3.63, 3.8) is 0 Å². The summed E-state index contributed by atoms with van der Waals surface area (Å²) in [7, 11) is -3.22. The van der Waals surface area contributed by atoms with Crippen LogP contribution in [0.4, 0.5) is 10.1 Å². The van der Waals surface area contributed by atoms with Crippen molar-refractivity contribution >= 4 is 39.0 Å². The van der Waals surface area contributed by atoms with Crippen LogP contribution in [0.5, 0.6) is 0 Å². The zero-order valence-electron chi connectivity index (χ0n) is 14.8. The molecule has 2 aliphatic heterocycles. The van der Waals surface area contributed by atoms with Gasteiger partial charge in [0.15, 0.2) is 16.4 Å². The van der Waals surface area contributed by atoms with Crippen molar-refractivity contribution in [1.29, 1.82) is 0 Å². The van der Waals surface area contributed by atoms with Gasteiger partial charge in [-0.05, 0) is 24.6 Å². The van der Waals surface area contributed by atoms with Crippen molar-refractivity contribution in [2.24, 2.45) is 5.10 Å². The molecule has 0 saturated carbocycles. The van der Waals surface area contributed by atoms with E-state index < -0.39 is 40.2 Å². The Morgan fingerprint density at radius 2 is 2.11 bits per heavy atom. The molecular formula is C17H18FN3O6S. The average Bonchev–Trinajstić information content (AvgIpc) is 3.00. The smallest absolute Gasteiger partial charge is 0.355 e. The Hall–Kier alpha value is -2.82. The Labute approximate surface area is 160 Å². The lowest BCUT2D eigenvalue weighted by molar-refractivity contribution is -0.141. The van der Waals surface area contributed by atoms with Crippen LogP contribution in [0, 0.1) is 5.82 Å². The molecule has 2 amide bonds. The third-order valence-electron chi connectivity index (χ3n) is 4.29. The molecule has 0 radical (unpaired) electrons. The Morgan fingerprint density at radius 3 is 2.79 bits per heavy atom. The molecule has 0 aliphatic carbocycles. The van der Waals surface area contributed by atoms with Gasteiger partial charge in [0.2, 0.25) is 5.91 Å². The highest BCUT2D eigenvalue weighted by Gasteiger charge is 2.37. The standard InChI is InChI=1S/C17H18FN3O6S/c18-11-2-1-3-12(8-11)19-15(22)9-27-17(24)14-4-5-16(23)21(20-14)13-6-7-28(25,26)10-13/h1-3,8,13H,4-7,9-10H2,(H,19,22)/t13-/m1/s1. The molecule has 0 unspecified atom stereocenters. The van der Waals surface area contributed by atoms with Gasteiger partial charge in [-0.3, -0.25) is 9.59 Å². The average molecular weight is 411 g/mol. The van der Waals surface area contributed by atoms with Crippen LogP contribution in [0.25, 0.3) is 0 Å². The fourth-order valence-electron chi connectivity index (χ4n) is 2.95. The number of anilines is 1. The molecule has 3 rings (SSSR count). The summed E-state index contributed by atoms with van der Waals surface area (Å²) in [4.78, 5) is 36.0. The first-order valence-corrected chi connectivity index (χ1v) is 10.4. The maximum Gasteiger partial charge on any atom is 0.355 e. The van der Waals surface area contributed by atoms with E-state index in [-0.39, 0.29) is 48.1 Å². The molecule has 11 heteroatoms. The third-order valence-corrected chi connectivity index (χ3v) is 6.04. The highest BCUT2D eigenvalue weighted by atomic mass is 32.2. The largest absolute Gasteiger partial charge is 0.451 e. The minimum atomic E-state index is -3.22. The normalized spacial score (nSPS) is 21.2. The lowest BCUT2D eigenvalue weighted by Crippen LogP contribution is -2.42. The highest BCUT2D eigenvalue weighted by molar-refractivity contribution is 7.91. The molecular weight excluding hydrogens is 393 g/mol.